The Balaban J connectivity index is 1.98. The van der Waals surface area contributed by atoms with E-state index in [0.717, 1.165) is 5.56 Å². The van der Waals surface area contributed by atoms with Crippen molar-refractivity contribution in [3.63, 3.8) is 0 Å². The zero-order chi connectivity index (χ0) is 13.4. The summed E-state index contributed by atoms with van der Waals surface area (Å²) in [6, 6.07) is 9.05. The summed E-state index contributed by atoms with van der Waals surface area (Å²) in [7, 11) is 0. The monoisotopic (exact) mass is 338 g/mol. The molecular formula is C12H8BrClN4O. The topological polar surface area (TPSA) is 52.3 Å². The van der Waals surface area contributed by atoms with Crippen molar-refractivity contribution in [3.05, 3.63) is 45.7 Å². The lowest BCUT2D eigenvalue weighted by Crippen LogP contribution is -1.96. The van der Waals surface area contributed by atoms with E-state index in [2.05, 4.69) is 31.2 Å². The van der Waals surface area contributed by atoms with Gasteiger partial charge in [0.15, 0.2) is 5.65 Å². The summed E-state index contributed by atoms with van der Waals surface area (Å²) in [5.74, 6) is 0.974. The number of hydrogen-bond acceptors (Lipinski definition) is 4. The third-order valence-electron chi connectivity index (χ3n) is 2.50. The summed E-state index contributed by atoms with van der Waals surface area (Å²) in [5, 5.41) is 12.6. The standard InChI is InChI=1S/C12H8BrClN4O/c1-7-2-3-9(8(14)6-7)19-11-5-4-10-15-16-12(13)18(10)17-11/h2-6H,1H3. The molecule has 0 aliphatic rings. The lowest BCUT2D eigenvalue weighted by molar-refractivity contribution is 0.452. The van der Waals surface area contributed by atoms with Crippen LogP contribution in [0.3, 0.4) is 0 Å². The molecular weight excluding hydrogens is 332 g/mol. The molecule has 0 fully saturated rings. The minimum Gasteiger partial charge on any atom is -0.436 e. The summed E-state index contributed by atoms with van der Waals surface area (Å²) in [4.78, 5) is 0. The first-order valence-electron chi connectivity index (χ1n) is 5.45. The van der Waals surface area contributed by atoms with Crippen molar-refractivity contribution in [2.24, 2.45) is 0 Å². The van der Waals surface area contributed by atoms with Gasteiger partial charge >= 0.3 is 0 Å². The van der Waals surface area contributed by atoms with Crippen LogP contribution in [0.5, 0.6) is 11.6 Å². The van der Waals surface area contributed by atoms with Crippen molar-refractivity contribution in [1.29, 1.82) is 0 Å². The van der Waals surface area contributed by atoms with Crippen molar-refractivity contribution in [2.45, 2.75) is 6.92 Å². The van der Waals surface area contributed by atoms with Gasteiger partial charge in [0.05, 0.1) is 5.02 Å². The van der Waals surface area contributed by atoms with Gasteiger partial charge in [-0.2, -0.15) is 4.52 Å². The number of nitrogens with zero attached hydrogens (tertiary/aromatic N) is 4. The second-order valence-electron chi connectivity index (χ2n) is 3.95. The molecule has 3 rings (SSSR count). The molecule has 0 atom stereocenters. The molecule has 2 heterocycles. The minimum atomic E-state index is 0.416. The number of aryl methyl sites for hydroxylation is 1. The maximum Gasteiger partial charge on any atom is 0.237 e. The summed E-state index contributed by atoms with van der Waals surface area (Å²) in [5.41, 5.74) is 1.71. The number of benzene rings is 1. The first kappa shape index (κ1) is 12.4. The smallest absolute Gasteiger partial charge is 0.237 e. The van der Waals surface area contributed by atoms with Gasteiger partial charge in [-0.15, -0.1) is 15.3 Å². The predicted molar refractivity (Wildman–Crippen MR) is 74.7 cm³/mol. The summed E-state index contributed by atoms with van der Waals surface area (Å²) in [6.07, 6.45) is 0. The largest absolute Gasteiger partial charge is 0.436 e. The third kappa shape index (κ3) is 2.41. The Bertz CT molecular complexity index is 759. The van der Waals surface area contributed by atoms with Crippen molar-refractivity contribution < 1.29 is 4.74 Å². The molecule has 0 aliphatic carbocycles. The summed E-state index contributed by atoms with van der Waals surface area (Å²) >= 11 is 9.37. The Morgan fingerprint density at radius 3 is 2.84 bits per heavy atom. The van der Waals surface area contributed by atoms with E-state index in [0.29, 0.717) is 27.0 Å². The number of aromatic nitrogens is 4. The molecule has 0 radical (unpaired) electrons. The molecule has 0 bridgehead atoms. The molecule has 19 heavy (non-hydrogen) atoms. The molecule has 0 aliphatic heterocycles. The van der Waals surface area contributed by atoms with Crippen LogP contribution in [0.25, 0.3) is 5.65 Å². The van der Waals surface area contributed by atoms with Gasteiger partial charge in [0, 0.05) is 6.07 Å². The molecule has 0 amide bonds. The van der Waals surface area contributed by atoms with Gasteiger partial charge in [-0.25, -0.2) is 0 Å². The Kier molecular flexibility index (Phi) is 3.12. The number of rotatable bonds is 2. The average Bonchev–Trinajstić information content (AvgIpc) is 2.75. The quantitative estimate of drug-likeness (QED) is 0.715. The molecule has 7 heteroatoms. The number of ether oxygens (including phenoxy) is 1. The Hall–Kier alpha value is -1.66. The van der Waals surface area contributed by atoms with Gasteiger partial charge < -0.3 is 4.74 Å². The first-order chi connectivity index (χ1) is 9.13. The highest BCUT2D eigenvalue weighted by Crippen LogP contribution is 2.29. The molecule has 0 unspecified atom stereocenters. The van der Waals surface area contributed by atoms with Crippen molar-refractivity contribution in [1.82, 2.24) is 19.8 Å². The van der Waals surface area contributed by atoms with E-state index in [1.807, 2.05) is 25.1 Å². The molecule has 0 saturated carbocycles. The van der Waals surface area contributed by atoms with E-state index in [-0.39, 0.29) is 0 Å². The van der Waals surface area contributed by atoms with Crippen LogP contribution >= 0.6 is 27.5 Å². The van der Waals surface area contributed by atoms with Crippen LogP contribution in [-0.4, -0.2) is 19.8 Å². The number of halogens is 2. The van der Waals surface area contributed by atoms with Gasteiger partial charge in [0.25, 0.3) is 0 Å². The van der Waals surface area contributed by atoms with E-state index in [1.165, 1.54) is 4.52 Å². The van der Waals surface area contributed by atoms with Gasteiger partial charge in [0.2, 0.25) is 10.6 Å². The zero-order valence-electron chi connectivity index (χ0n) is 9.84. The van der Waals surface area contributed by atoms with Crippen molar-refractivity contribution >= 4 is 33.2 Å². The molecule has 3 aromatic rings. The van der Waals surface area contributed by atoms with E-state index >= 15 is 0 Å². The predicted octanol–water partition coefficient (Wildman–Crippen LogP) is 3.64. The Labute approximate surface area is 122 Å². The lowest BCUT2D eigenvalue weighted by Gasteiger charge is -2.07. The van der Waals surface area contributed by atoms with E-state index < -0.39 is 0 Å². The molecule has 5 nitrogen and oxygen atoms in total. The fraction of sp³-hybridized carbons (Fsp3) is 0.0833. The molecule has 0 N–H and O–H groups in total. The fourth-order valence-corrected chi connectivity index (χ4v) is 2.22. The highest BCUT2D eigenvalue weighted by atomic mass is 79.9. The van der Waals surface area contributed by atoms with Gasteiger partial charge in [-0.3, -0.25) is 0 Å². The number of fused-ring (bicyclic) bond motifs is 1. The Morgan fingerprint density at radius 2 is 2.05 bits per heavy atom. The van der Waals surface area contributed by atoms with Gasteiger partial charge in [-0.1, -0.05) is 17.7 Å². The normalized spacial score (nSPS) is 10.9. The van der Waals surface area contributed by atoms with Gasteiger partial charge in [-0.05, 0) is 46.6 Å². The van der Waals surface area contributed by atoms with Crippen LogP contribution in [0.1, 0.15) is 5.56 Å². The summed E-state index contributed by atoms with van der Waals surface area (Å²) in [6.45, 7) is 1.97. The minimum absolute atomic E-state index is 0.416. The maximum absolute atomic E-state index is 6.11. The van der Waals surface area contributed by atoms with E-state index in [4.69, 9.17) is 16.3 Å². The third-order valence-corrected chi connectivity index (χ3v) is 3.29. The second-order valence-corrected chi connectivity index (χ2v) is 5.06. The van der Waals surface area contributed by atoms with E-state index in [1.54, 1.807) is 12.1 Å². The fourth-order valence-electron chi connectivity index (χ4n) is 1.60. The highest BCUT2D eigenvalue weighted by Gasteiger charge is 2.08. The summed E-state index contributed by atoms with van der Waals surface area (Å²) < 4.78 is 7.71. The SMILES string of the molecule is Cc1ccc(Oc2ccc3nnc(Br)n3n2)c(Cl)c1. The van der Waals surface area contributed by atoms with Crippen LogP contribution in [0.2, 0.25) is 5.02 Å². The Morgan fingerprint density at radius 1 is 1.21 bits per heavy atom. The first-order valence-corrected chi connectivity index (χ1v) is 6.62. The highest BCUT2D eigenvalue weighted by molar-refractivity contribution is 9.10. The van der Waals surface area contributed by atoms with Crippen LogP contribution in [0.4, 0.5) is 0 Å². The molecule has 0 saturated heterocycles. The molecule has 2 aromatic heterocycles. The lowest BCUT2D eigenvalue weighted by atomic mass is 10.2. The van der Waals surface area contributed by atoms with Crippen LogP contribution in [0, 0.1) is 6.92 Å². The molecule has 1 aromatic carbocycles. The van der Waals surface area contributed by atoms with Crippen LogP contribution < -0.4 is 4.74 Å². The molecule has 96 valence electrons. The molecule has 0 spiro atoms. The number of hydrogen-bond donors (Lipinski definition) is 0. The van der Waals surface area contributed by atoms with E-state index in [9.17, 15) is 0 Å². The van der Waals surface area contributed by atoms with Crippen LogP contribution in [0.15, 0.2) is 35.1 Å². The maximum atomic E-state index is 6.11. The average molecular weight is 340 g/mol. The zero-order valence-corrected chi connectivity index (χ0v) is 12.2. The van der Waals surface area contributed by atoms with Gasteiger partial charge in [0.1, 0.15) is 5.75 Å². The van der Waals surface area contributed by atoms with Crippen molar-refractivity contribution in [2.75, 3.05) is 0 Å². The second kappa shape index (κ2) is 4.79. The van der Waals surface area contributed by atoms with Crippen LogP contribution in [-0.2, 0) is 0 Å². The van der Waals surface area contributed by atoms with Crippen molar-refractivity contribution in [3.8, 4) is 11.6 Å².